The highest BCUT2D eigenvalue weighted by Crippen LogP contribution is 2.38. The Bertz CT molecular complexity index is 1060. The van der Waals surface area contributed by atoms with Crippen LogP contribution < -0.4 is 5.32 Å². The zero-order valence-corrected chi connectivity index (χ0v) is 16.3. The van der Waals surface area contributed by atoms with E-state index in [1.165, 1.54) is 43.7 Å². The molecule has 1 heterocycles. The Kier molecular flexibility index (Phi) is 6.31. The number of hydrogen-bond donors (Lipinski definition) is 3. The maximum Gasteiger partial charge on any atom is 0.418 e. The molecule has 0 radical (unpaired) electrons. The summed E-state index contributed by atoms with van der Waals surface area (Å²) >= 11 is 0. The summed E-state index contributed by atoms with van der Waals surface area (Å²) in [5.74, 6) is -0.758. The zero-order valence-electron chi connectivity index (χ0n) is 16.3. The minimum absolute atomic E-state index is 0.0396. The molecule has 3 aromatic rings. The molecular weight excluding hydrogens is 402 g/mol. The lowest BCUT2D eigenvalue weighted by atomic mass is 10.1. The van der Waals surface area contributed by atoms with E-state index in [0.717, 1.165) is 6.07 Å². The van der Waals surface area contributed by atoms with Crippen molar-refractivity contribution in [1.29, 1.82) is 0 Å². The predicted octanol–water partition coefficient (Wildman–Crippen LogP) is 5.62. The molecule has 0 aliphatic rings. The average molecular weight is 423 g/mol. The van der Waals surface area contributed by atoms with Crippen molar-refractivity contribution >= 4 is 28.5 Å². The number of rotatable bonds is 7. The van der Waals surface area contributed by atoms with Gasteiger partial charge < -0.3 is 20.1 Å². The van der Waals surface area contributed by atoms with Crippen LogP contribution in [-0.2, 0) is 10.9 Å². The summed E-state index contributed by atoms with van der Waals surface area (Å²) in [5.41, 5.74) is -0.220. The number of H-pyrrole nitrogens is 1. The van der Waals surface area contributed by atoms with Crippen LogP contribution in [0.25, 0.3) is 10.9 Å². The van der Waals surface area contributed by atoms with E-state index in [9.17, 15) is 22.7 Å². The van der Waals surface area contributed by atoms with E-state index in [2.05, 4.69) is 15.3 Å². The predicted molar refractivity (Wildman–Crippen MR) is 108 cm³/mol. The van der Waals surface area contributed by atoms with E-state index in [0.29, 0.717) is 17.3 Å². The molecule has 1 atom stereocenters. The number of anilines is 1. The van der Waals surface area contributed by atoms with Crippen LogP contribution in [-0.4, -0.2) is 36.1 Å². The third-order valence-corrected chi connectivity index (χ3v) is 4.65. The largest absolute Gasteiger partial charge is 0.494 e. The Labute approximate surface area is 170 Å². The second-order valence-corrected chi connectivity index (χ2v) is 6.77. The van der Waals surface area contributed by atoms with Crippen LogP contribution in [0.5, 0.6) is 5.88 Å². The van der Waals surface area contributed by atoms with Gasteiger partial charge in [-0.15, -0.1) is 0 Å². The first-order chi connectivity index (χ1) is 14.2. The van der Waals surface area contributed by atoms with Crippen LogP contribution in [0.4, 0.5) is 28.9 Å². The minimum atomic E-state index is -4.59. The smallest absolute Gasteiger partial charge is 0.418 e. The Balaban J connectivity index is 1.96. The number of aromatic hydroxyl groups is 1. The van der Waals surface area contributed by atoms with Crippen molar-refractivity contribution < 1.29 is 27.4 Å². The van der Waals surface area contributed by atoms with Crippen molar-refractivity contribution in [3.8, 4) is 5.88 Å². The fourth-order valence-electron chi connectivity index (χ4n) is 3.10. The third kappa shape index (κ3) is 4.73. The van der Waals surface area contributed by atoms with Crippen LogP contribution >= 0.6 is 0 Å². The van der Waals surface area contributed by atoms with Gasteiger partial charge in [-0.2, -0.15) is 13.2 Å². The number of aromatic nitrogens is 1. The van der Waals surface area contributed by atoms with Gasteiger partial charge in [-0.25, -0.2) is 4.39 Å². The Morgan fingerprint density at radius 3 is 2.67 bits per heavy atom. The second-order valence-electron chi connectivity index (χ2n) is 6.77. The summed E-state index contributed by atoms with van der Waals surface area (Å²) in [5, 5.41) is 13.3. The van der Waals surface area contributed by atoms with Crippen molar-refractivity contribution in [3.05, 3.63) is 53.3 Å². The first kappa shape index (κ1) is 21.6. The number of benzene rings is 2. The molecule has 0 fully saturated rings. The monoisotopic (exact) mass is 423 g/mol. The van der Waals surface area contributed by atoms with Crippen molar-refractivity contribution in [3.63, 3.8) is 0 Å². The molecular formula is C21H21F4N3O2. The van der Waals surface area contributed by atoms with Gasteiger partial charge in [0.2, 0.25) is 0 Å². The summed E-state index contributed by atoms with van der Waals surface area (Å²) in [6.07, 6.45) is -2.80. The standard InChI is InChI=1S/C21H21F4N3O2/c1-3-13(11-30-2)27-19-7-5-14(9-17(19)21(23,24)25)26-10-16-15-8-12(22)4-6-18(15)28-20(16)29/h4-10,13,27-29H,3,11H2,1-2H3. The SMILES string of the molecule is CCC(COC)Nc1ccc(N=Cc2c(O)[nH]c3ccc(F)cc23)cc1C(F)(F)F. The number of ether oxygens (including phenoxy) is 1. The first-order valence-corrected chi connectivity index (χ1v) is 9.24. The Morgan fingerprint density at radius 1 is 1.23 bits per heavy atom. The topological polar surface area (TPSA) is 69.6 Å². The fourth-order valence-corrected chi connectivity index (χ4v) is 3.10. The number of nitrogens with zero attached hydrogens (tertiary/aromatic N) is 1. The summed E-state index contributed by atoms with van der Waals surface area (Å²) in [7, 11) is 1.48. The summed E-state index contributed by atoms with van der Waals surface area (Å²) in [6, 6.07) is 7.28. The number of aliphatic imine (C=N–C) groups is 1. The van der Waals surface area contributed by atoms with Crippen molar-refractivity contribution in [1.82, 2.24) is 4.98 Å². The summed E-state index contributed by atoms with van der Waals surface area (Å²) in [6.45, 7) is 2.11. The molecule has 0 spiro atoms. The average Bonchev–Trinajstić information content (AvgIpc) is 3.00. The molecule has 0 amide bonds. The summed E-state index contributed by atoms with van der Waals surface area (Å²) < 4.78 is 59.3. The van der Waals surface area contributed by atoms with Gasteiger partial charge in [0.15, 0.2) is 5.88 Å². The van der Waals surface area contributed by atoms with Gasteiger partial charge in [0.25, 0.3) is 0 Å². The van der Waals surface area contributed by atoms with Gasteiger partial charge >= 0.3 is 6.18 Å². The first-order valence-electron chi connectivity index (χ1n) is 9.24. The Morgan fingerprint density at radius 2 is 2.00 bits per heavy atom. The highest BCUT2D eigenvalue weighted by Gasteiger charge is 2.34. The van der Waals surface area contributed by atoms with Gasteiger partial charge in [-0.3, -0.25) is 4.99 Å². The van der Waals surface area contributed by atoms with Crippen LogP contribution in [0.2, 0.25) is 0 Å². The van der Waals surface area contributed by atoms with E-state index in [4.69, 9.17) is 4.74 Å². The molecule has 0 aliphatic carbocycles. The van der Waals surface area contributed by atoms with Gasteiger partial charge in [0, 0.05) is 36.0 Å². The van der Waals surface area contributed by atoms with E-state index in [-0.39, 0.29) is 35.5 Å². The number of halogens is 4. The number of aromatic amines is 1. The summed E-state index contributed by atoms with van der Waals surface area (Å²) in [4.78, 5) is 6.73. The van der Waals surface area contributed by atoms with E-state index in [1.54, 1.807) is 0 Å². The van der Waals surface area contributed by atoms with Gasteiger partial charge in [-0.1, -0.05) is 6.92 Å². The lowest BCUT2D eigenvalue weighted by Gasteiger charge is -2.21. The molecule has 3 N–H and O–H groups in total. The van der Waals surface area contributed by atoms with E-state index >= 15 is 0 Å². The van der Waals surface area contributed by atoms with E-state index in [1.807, 2.05) is 6.92 Å². The molecule has 30 heavy (non-hydrogen) atoms. The quantitative estimate of drug-likeness (QED) is 0.341. The van der Waals surface area contributed by atoms with Crippen LogP contribution in [0.1, 0.15) is 24.5 Å². The lowest BCUT2D eigenvalue weighted by Crippen LogP contribution is -2.25. The van der Waals surface area contributed by atoms with Crippen molar-refractivity contribution in [2.45, 2.75) is 25.6 Å². The molecule has 5 nitrogen and oxygen atoms in total. The van der Waals surface area contributed by atoms with Crippen LogP contribution in [0.15, 0.2) is 41.4 Å². The second kappa shape index (κ2) is 8.74. The lowest BCUT2D eigenvalue weighted by molar-refractivity contribution is -0.136. The van der Waals surface area contributed by atoms with Gasteiger partial charge in [0.05, 0.1) is 23.4 Å². The maximum atomic E-state index is 13.6. The van der Waals surface area contributed by atoms with Gasteiger partial charge in [-0.05, 0) is 42.8 Å². The maximum absolute atomic E-state index is 13.6. The molecule has 160 valence electrons. The molecule has 3 rings (SSSR count). The molecule has 9 heteroatoms. The van der Waals surface area contributed by atoms with Crippen LogP contribution in [0.3, 0.4) is 0 Å². The molecule has 0 saturated heterocycles. The molecule has 2 aromatic carbocycles. The normalized spacial score (nSPS) is 13.3. The molecule has 0 saturated carbocycles. The highest BCUT2D eigenvalue weighted by molar-refractivity contribution is 6.02. The molecule has 0 aliphatic heterocycles. The highest BCUT2D eigenvalue weighted by atomic mass is 19.4. The van der Waals surface area contributed by atoms with E-state index < -0.39 is 17.6 Å². The van der Waals surface area contributed by atoms with Crippen molar-refractivity contribution in [2.75, 3.05) is 19.0 Å². The fraction of sp³-hybridized carbons (Fsp3) is 0.286. The number of methoxy groups -OCH3 is 1. The van der Waals surface area contributed by atoms with Crippen molar-refractivity contribution in [2.24, 2.45) is 4.99 Å². The number of hydrogen-bond acceptors (Lipinski definition) is 4. The van der Waals surface area contributed by atoms with Crippen LogP contribution in [0, 0.1) is 5.82 Å². The number of nitrogens with one attached hydrogen (secondary N) is 2. The number of alkyl halides is 3. The molecule has 1 aromatic heterocycles. The third-order valence-electron chi connectivity index (χ3n) is 4.65. The minimum Gasteiger partial charge on any atom is -0.494 e. The molecule has 1 unspecified atom stereocenters. The molecule has 0 bridgehead atoms. The number of fused-ring (bicyclic) bond motifs is 1. The zero-order chi connectivity index (χ0) is 21.9. The Hall–Kier alpha value is -3.07. The van der Waals surface area contributed by atoms with Gasteiger partial charge in [0.1, 0.15) is 5.82 Å².